The van der Waals surface area contributed by atoms with Crippen molar-refractivity contribution in [1.29, 1.82) is 0 Å². The molecule has 0 amide bonds. The molecular formula is C20H23N5O. The van der Waals surface area contributed by atoms with Crippen molar-refractivity contribution in [3.05, 3.63) is 48.2 Å². The molecule has 1 fully saturated rings. The van der Waals surface area contributed by atoms with Gasteiger partial charge >= 0.3 is 0 Å². The van der Waals surface area contributed by atoms with Crippen LogP contribution in [0.1, 0.15) is 25.5 Å². The highest BCUT2D eigenvalue weighted by atomic mass is 16.5. The summed E-state index contributed by atoms with van der Waals surface area (Å²) in [5.41, 5.74) is 1.97. The van der Waals surface area contributed by atoms with E-state index in [1.807, 2.05) is 37.3 Å². The van der Waals surface area contributed by atoms with Gasteiger partial charge in [0.25, 0.3) is 0 Å². The number of nitrogens with one attached hydrogen (secondary N) is 1. The molecule has 0 unspecified atom stereocenters. The van der Waals surface area contributed by atoms with E-state index in [4.69, 9.17) is 14.5 Å². The van der Waals surface area contributed by atoms with E-state index < -0.39 is 0 Å². The number of hydrogen-bond acceptors (Lipinski definition) is 6. The van der Waals surface area contributed by atoms with Gasteiger partial charge in [-0.25, -0.2) is 4.98 Å². The van der Waals surface area contributed by atoms with Gasteiger partial charge in [0.05, 0.1) is 5.69 Å². The summed E-state index contributed by atoms with van der Waals surface area (Å²) in [4.78, 5) is 11.8. The van der Waals surface area contributed by atoms with Gasteiger partial charge in [0, 0.05) is 30.8 Å². The Balaban J connectivity index is 1.69. The lowest BCUT2D eigenvalue weighted by molar-refractivity contribution is 0.400. The van der Waals surface area contributed by atoms with E-state index >= 15 is 0 Å². The predicted octanol–water partition coefficient (Wildman–Crippen LogP) is 4.42. The Morgan fingerprint density at radius 3 is 2.50 bits per heavy atom. The van der Waals surface area contributed by atoms with Crippen molar-refractivity contribution in [3.8, 4) is 11.3 Å². The van der Waals surface area contributed by atoms with Crippen molar-refractivity contribution < 1.29 is 4.52 Å². The van der Waals surface area contributed by atoms with Gasteiger partial charge in [-0.15, -0.1) is 0 Å². The van der Waals surface area contributed by atoms with Crippen LogP contribution < -0.4 is 10.2 Å². The number of aryl methyl sites for hydroxylation is 1. The van der Waals surface area contributed by atoms with Crippen LogP contribution in [0.3, 0.4) is 0 Å². The maximum absolute atomic E-state index is 5.14. The number of benzene rings is 1. The SMILES string of the molecule is Cc1cc(Nc2cc(-c3ccccc3)nc(N3CCC(C)CC3)n2)no1. The van der Waals surface area contributed by atoms with Crippen LogP contribution in [0, 0.1) is 12.8 Å². The van der Waals surface area contributed by atoms with Crippen molar-refractivity contribution in [2.75, 3.05) is 23.3 Å². The molecule has 3 aromatic rings. The van der Waals surface area contributed by atoms with Gasteiger partial charge in [-0.05, 0) is 25.7 Å². The molecule has 1 aromatic carbocycles. The number of hydrogen-bond donors (Lipinski definition) is 1. The van der Waals surface area contributed by atoms with Crippen LogP contribution in [0.2, 0.25) is 0 Å². The third-order valence-electron chi connectivity index (χ3n) is 4.73. The van der Waals surface area contributed by atoms with E-state index in [-0.39, 0.29) is 0 Å². The summed E-state index contributed by atoms with van der Waals surface area (Å²) in [5, 5.41) is 7.25. The first-order valence-corrected chi connectivity index (χ1v) is 9.07. The molecule has 1 saturated heterocycles. The Morgan fingerprint density at radius 2 is 1.81 bits per heavy atom. The van der Waals surface area contributed by atoms with Crippen molar-refractivity contribution >= 4 is 17.6 Å². The summed E-state index contributed by atoms with van der Waals surface area (Å²) in [6.45, 7) is 6.15. The predicted molar refractivity (Wildman–Crippen MR) is 103 cm³/mol. The molecule has 0 spiro atoms. The smallest absolute Gasteiger partial charge is 0.227 e. The molecule has 0 atom stereocenters. The lowest BCUT2D eigenvalue weighted by Gasteiger charge is -2.30. The zero-order valence-electron chi connectivity index (χ0n) is 15.1. The Kier molecular flexibility index (Phi) is 4.56. The zero-order chi connectivity index (χ0) is 17.9. The average molecular weight is 349 g/mol. The molecule has 2 aromatic heterocycles. The molecule has 6 heteroatoms. The number of rotatable bonds is 4. The molecule has 6 nitrogen and oxygen atoms in total. The normalized spacial score (nSPS) is 15.2. The summed E-state index contributed by atoms with van der Waals surface area (Å²) < 4.78 is 5.14. The highest BCUT2D eigenvalue weighted by Crippen LogP contribution is 2.27. The maximum Gasteiger partial charge on any atom is 0.227 e. The minimum atomic E-state index is 0.651. The van der Waals surface area contributed by atoms with Gasteiger partial charge in [0.1, 0.15) is 11.6 Å². The van der Waals surface area contributed by atoms with Crippen molar-refractivity contribution in [1.82, 2.24) is 15.1 Å². The Morgan fingerprint density at radius 1 is 1.04 bits per heavy atom. The van der Waals surface area contributed by atoms with E-state index in [9.17, 15) is 0 Å². The van der Waals surface area contributed by atoms with Crippen LogP contribution in [0.5, 0.6) is 0 Å². The van der Waals surface area contributed by atoms with E-state index in [0.717, 1.165) is 47.8 Å². The van der Waals surface area contributed by atoms with E-state index in [1.165, 1.54) is 12.8 Å². The third-order valence-corrected chi connectivity index (χ3v) is 4.73. The summed E-state index contributed by atoms with van der Waals surface area (Å²) in [6.07, 6.45) is 2.34. The highest BCUT2D eigenvalue weighted by molar-refractivity contribution is 5.66. The largest absolute Gasteiger partial charge is 0.360 e. The molecule has 134 valence electrons. The monoisotopic (exact) mass is 349 g/mol. The standard InChI is InChI=1S/C20H23N5O/c1-14-8-10-25(11-9-14)20-21-17(16-6-4-3-5-7-16)13-18(23-20)22-19-12-15(2)26-24-19/h3-7,12-14H,8-11H2,1-2H3,(H,21,22,23,24). The van der Waals surface area contributed by atoms with Gasteiger partial charge in [-0.1, -0.05) is 42.4 Å². The van der Waals surface area contributed by atoms with Crippen molar-refractivity contribution in [3.63, 3.8) is 0 Å². The second-order valence-corrected chi connectivity index (χ2v) is 6.92. The number of aromatic nitrogens is 3. The van der Waals surface area contributed by atoms with Gasteiger partial charge in [0.15, 0.2) is 5.82 Å². The van der Waals surface area contributed by atoms with Gasteiger partial charge in [-0.2, -0.15) is 4.98 Å². The Labute approximate surface area is 153 Å². The third kappa shape index (κ3) is 3.69. The molecule has 1 aliphatic rings. The first kappa shape index (κ1) is 16.6. The van der Waals surface area contributed by atoms with Gasteiger partial charge < -0.3 is 14.7 Å². The highest BCUT2D eigenvalue weighted by Gasteiger charge is 2.19. The summed E-state index contributed by atoms with van der Waals surface area (Å²) in [5.74, 6) is 3.66. The Bertz CT molecular complexity index is 869. The van der Waals surface area contributed by atoms with Gasteiger partial charge in [0.2, 0.25) is 5.95 Å². The number of nitrogens with zero attached hydrogens (tertiary/aromatic N) is 4. The van der Waals surface area contributed by atoms with Crippen LogP contribution in [0.25, 0.3) is 11.3 Å². The quantitative estimate of drug-likeness (QED) is 0.752. The molecule has 0 aliphatic carbocycles. The Hall–Kier alpha value is -2.89. The fraction of sp³-hybridized carbons (Fsp3) is 0.350. The zero-order valence-corrected chi connectivity index (χ0v) is 15.1. The summed E-state index contributed by atoms with van der Waals surface area (Å²) in [6, 6.07) is 14.0. The first-order chi connectivity index (χ1) is 12.7. The van der Waals surface area contributed by atoms with E-state index in [2.05, 4.69) is 34.4 Å². The van der Waals surface area contributed by atoms with E-state index in [0.29, 0.717) is 5.82 Å². The van der Waals surface area contributed by atoms with Gasteiger partial charge in [-0.3, -0.25) is 0 Å². The second kappa shape index (κ2) is 7.15. The van der Waals surface area contributed by atoms with Crippen LogP contribution in [0.15, 0.2) is 47.0 Å². The molecule has 0 saturated carbocycles. The topological polar surface area (TPSA) is 67.1 Å². The van der Waals surface area contributed by atoms with Crippen molar-refractivity contribution in [2.45, 2.75) is 26.7 Å². The molecule has 26 heavy (non-hydrogen) atoms. The maximum atomic E-state index is 5.14. The lowest BCUT2D eigenvalue weighted by atomic mass is 10.00. The molecule has 3 heterocycles. The average Bonchev–Trinajstić information content (AvgIpc) is 3.07. The van der Waals surface area contributed by atoms with E-state index in [1.54, 1.807) is 0 Å². The summed E-state index contributed by atoms with van der Waals surface area (Å²) >= 11 is 0. The molecule has 0 radical (unpaired) electrons. The minimum Gasteiger partial charge on any atom is -0.360 e. The summed E-state index contributed by atoms with van der Waals surface area (Å²) in [7, 11) is 0. The molecular weight excluding hydrogens is 326 g/mol. The second-order valence-electron chi connectivity index (χ2n) is 6.92. The molecule has 4 rings (SSSR count). The number of piperidine rings is 1. The number of anilines is 3. The van der Waals surface area contributed by atoms with Crippen LogP contribution >= 0.6 is 0 Å². The molecule has 0 bridgehead atoms. The van der Waals surface area contributed by atoms with Crippen molar-refractivity contribution in [2.24, 2.45) is 5.92 Å². The van der Waals surface area contributed by atoms with Crippen LogP contribution in [0.4, 0.5) is 17.6 Å². The first-order valence-electron chi connectivity index (χ1n) is 9.07. The molecule has 1 N–H and O–H groups in total. The molecule has 1 aliphatic heterocycles. The fourth-order valence-electron chi connectivity index (χ4n) is 3.16. The van der Waals surface area contributed by atoms with Crippen LogP contribution in [-0.4, -0.2) is 28.2 Å². The fourth-order valence-corrected chi connectivity index (χ4v) is 3.16. The lowest BCUT2D eigenvalue weighted by Crippen LogP contribution is -2.34. The van der Waals surface area contributed by atoms with Crippen LogP contribution in [-0.2, 0) is 0 Å². The minimum absolute atomic E-state index is 0.651.